The number of carbonyl (C=O) groups excluding carboxylic acids is 2. The largest absolute Gasteiger partial charge is 0.321 e. The first-order valence-corrected chi connectivity index (χ1v) is 9.86. The molecule has 0 atom stereocenters. The lowest BCUT2D eigenvalue weighted by Gasteiger charge is -2.10. The van der Waals surface area contributed by atoms with E-state index >= 15 is 0 Å². The van der Waals surface area contributed by atoms with Crippen molar-refractivity contribution in [2.45, 2.75) is 0 Å². The smallest absolute Gasteiger partial charge is 0.273 e. The fourth-order valence-corrected chi connectivity index (χ4v) is 2.89. The second-order valence-electron chi connectivity index (χ2n) is 5.76. The average molecular weight is 501 g/mol. The van der Waals surface area contributed by atoms with Crippen LogP contribution in [0.5, 0.6) is 0 Å². The highest BCUT2D eigenvalue weighted by atomic mass is 79.9. The summed E-state index contributed by atoms with van der Waals surface area (Å²) in [7, 11) is 0. The summed E-state index contributed by atoms with van der Waals surface area (Å²) in [5.74, 6) is -0.716. The number of hydrogen-bond acceptors (Lipinski definition) is 3. The third-order valence-corrected chi connectivity index (χ3v) is 4.83. The van der Waals surface area contributed by atoms with E-state index in [1.54, 1.807) is 54.7 Å². The SMILES string of the molecule is O=C(Nc1ccccc1C(=O)N/N=C/c1ccc(Br)cc1)c1ccc(Br)cc1. The van der Waals surface area contributed by atoms with Crippen LogP contribution >= 0.6 is 31.9 Å². The number of halogens is 2. The Labute approximate surface area is 179 Å². The van der Waals surface area contributed by atoms with Gasteiger partial charge >= 0.3 is 0 Å². The monoisotopic (exact) mass is 499 g/mol. The van der Waals surface area contributed by atoms with Crippen LogP contribution < -0.4 is 10.7 Å². The van der Waals surface area contributed by atoms with Crippen molar-refractivity contribution in [3.05, 3.63) is 98.4 Å². The van der Waals surface area contributed by atoms with E-state index in [-0.39, 0.29) is 5.91 Å². The van der Waals surface area contributed by atoms with Crippen LogP contribution in [-0.2, 0) is 0 Å². The van der Waals surface area contributed by atoms with Crippen molar-refractivity contribution in [2.75, 3.05) is 5.32 Å². The fraction of sp³-hybridized carbons (Fsp3) is 0. The number of nitrogens with zero attached hydrogens (tertiary/aromatic N) is 1. The number of anilines is 1. The predicted molar refractivity (Wildman–Crippen MR) is 118 cm³/mol. The summed E-state index contributed by atoms with van der Waals surface area (Å²) in [6, 6.07) is 21.2. The Kier molecular flexibility index (Phi) is 6.73. The molecule has 3 aromatic carbocycles. The van der Waals surface area contributed by atoms with Gasteiger partial charge in [-0.1, -0.05) is 56.1 Å². The highest BCUT2D eigenvalue weighted by molar-refractivity contribution is 9.10. The normalized spacial score (nSPS) is 10.6. The molecule has 0 unspecified atom stereocenters. The van der Waals surface area contributed by atoms with E-state index in [0.717, 1.165) is 14.5 Å². The molecule has 0 fully saturated rings. The van der Waals surface area contributed by atoms with E-state index in [0.29, 0.717) is 16.8 Å². The molecule has 0 radical (unpaired) electrons. The Balaban J connectivity index is 1.70. The summed E-state index contributed by atoms with van der Waals surface area (Å²) in [5, 5.41) is 6.75. The fourth-order valence-electron chi connectivity index (χ4n) is 2.36. The first-order valence-electron chi connectivity index (χ1n) is 8.28. The molecule has 3 aromatic rings. The molecular formula is C21H15Br2N3O2. The van der Waals surface area contributed by atoms with E-state index < -0.39 is 5.91 Å². The molecule has 0 heterocycles. The molecule has 0 aliphatic rings. The van der Waals surface area contributed by atoms with Gasteiger partial charge < -0.3 is 5.32 Å². The van der Waals surface area contributed by atoms with Crippen molar-refractivity contribution in [1.82, 2.24) is 5.43 Å². The zero-order valence-electron chi connectivity index (χ0n) is 14.5. The molecule has 5 nitrogen and oxygen atoms in total. The maximum Gasteiger partial charge on any atom is 0.273 e. The summed E-state index contributed by atoms with van der Waals surface area (Å²) in [6.07, 6.45) is 1.55. The summed E-state index contributed by atoms with van der Waals surface area (Å²) in [6.45, 7) is 0. The average Bonchev–Trinajstić information content (AvgIpc) is 2.70. The minimum absolute atomic E-state index is 0.300. The second kappa shape index (κ2) is 9.43. The second-order valence-corrected chi connectivity index (χ2v) is 7.59. The van der Waals surface area contributed by atoms with Gasteiger partial charge in [0.2, 0.25) is 0 Å². The van der Waals surface area contributed by atoms with E-state index in [4.69, 9.17) is 0 Å². The molecular weight excluding hydrogens is 486 g/mol. The van der Waals surface area contributed by atoms with Crippen molar-refractivity contribution >= 4 is 55.6 Å². The van der Waals surface area contributed by atoms with Gasteiger partial charge in [0, 0.05) is 14.5 Å². The number of benzene rings is 3. The molecule has 0 bridgehead atoms. The van der Waals surface area contributed by atoms with Gasteiger partial charge in [-0.05, 0) is 54.1 Å². The molecule has 7 heteroatoms. The van der Waals surface area contributed by atoms with E-state index in [9.17, 15) is 9.59 Å². The topological polar surface area (TPSA) is 70.6 Å². The Hall–Kier alpha value is -2.77. The van der Waals surface area contributed by atoms with Gasteiger partial charge in [0.05, 0.1) is 17.5 Å². The summed E-state index contributed by atoms with van der Waals surface area (Å²) in [4.78, 5) is 24.9. The quantitative estimate of drug-likeness (QED) is 0.372. The zero-order valence-corrected chi connectivity index (χ0v) is 17.7. The molecule has 3 rings (SSSR count). The molecule has 0 spiro atoms. The van der Waals surface area contributed by atoms with Crippen LogP contribution in [0, 0.1) is 0 Å². The van der Waals surface area contributed by atoms with Gasteiger partial charge in [-0.3, -0.25) is 9.59 Å². The first-order chi connectivity index (χ1) is 13.5. The lowest BCUT2D eigenvalue weighted by atomic mass is 10.1. The van der Waals surface area contributed by atoms with Gasteiger partial charge in [0.25, 0.3) is 11.8 Å². The van der Waals surface area contributed by atoms with Crippen molar-refractivity contribution in [3.63, 3.8) is 0 Å². The standard InChI is InChI=1S/C21H15Br2N3O2/c22-16-9-5-14(6-10-16)13-24-26-21(28)18-3-1-2-4-19(18)25-20(27)15-7-11-17(23)12-8-15/h1-13H,(H,25,27)(H,26,28)/b24-13+. The Morgan fingerprint density at radius 3 is 2.07 bits per heavy atom. The van der Waals surface area contributed by atoms with Crippen LogP contribution in [0.15, 0.2) is 86.8 Å². The van der Waals surface area contributed by atoms with Gasteiger partial charge in [0.1, 0.15) is 0 Å². The highest BCUT2D eigenvalue weighted by Crippen LogP contribution is 2.17. The van der Waals surface area contributed by atoms with Crippen molar-refractivity contribution < 1.29 is 9.59 Å². The first kappa shape index (κ1) is 20.0. The van der Waals surface area contributed by atoms with Crippen LogP contribution in [0.1, 0.15) is 26.3 Å². The third-order valence-electron chi connectivity index (χ3n) is 3.78. The predicted octanol–water partition coefficient (Wildman–Crippen LogP) is 5.23. The maximum absolute atomic E-state index is 12.5. The van der Waals surface area contributed by atoms with E-state index in [2.05, 4.69) is 47.7 Å². The lowest BCUT2D eigenvalue weighted by Crippen LogP contribution is -2.21. The number of hydrazone groups is 1. The van der Waals surface area contributed by atoms with Crippen molar-refractivity contribution in [2.24, 2.45) is 5.10 Å². The molecule has 0 saturated carbocycles. The Morgan fingerprint density at radius 2 is 1.39 bits per heavy atom. The van der Waals surface area contributed by atoms with Crippen LogP contribution in [0.4, 0.5) is 5.69 Å². The molecule has 2 N–H and O–H groups in total. The molecule has 0 saturated heterocycles. The lowest BCUT2D eigenvalue weighted by molar-refractivity contribution is 0.0956. The molecule has 2 amide bonds. The van der Waals surface area contributed by atoms with Gasteiger partial charge in [-0.15, -0.1) is 0 Å². The molecule has 140 valence electrons. The van der Waals surface area contributed by atoms with E-state index in [1.165, 1.54) is 0 Å². The van der Waals surface area contributed by atoms with Crippen LogP contribution in [-0.4, -0.2) is 18.0 Å². The number of amides is 2. The number of hydrogen-bond donors (Lipinski definition) is 2. The number of rotatable bonds is 5. The van der Waals surface area contributed by atoms with Crippen LogP contribution in [0.3, 0.4) is 0 Å². The molecule has 0 aliphatic heterocycles. The minimum Gasteiger partial charge on any atom is -0.321 e. The van der Waals surface area contributed by atoms with Crippen LogP contribution in [0.2, 0.25) is 0 Å². The summed E-state index contributed by atoms with van der Waals surface area (Å²) in [5.41, 5.74) is 4.55. The summed E-state index contributed by atoms with van der Waals surface area (Å²) < 4.78 is 1.84. The number of nitrogens with one attached hydrogen (secondary N) is 2. The molecule has 28 heavy (non-hydrogen) atoms. The summed E-state index contributed by atoms with van der Waals surface area (Å²) >= 11 is 6.70. The van der Waals surface area contributed by atoms with Crippen molar-refractivity contribution in [1.29, 1.82) is 0 Å². The van der Waals surface area contributed by atoms with Crippen molar-refractivity contribution in [3.8, 4) is 0 Å². The van der Waals surface area contributed by atoms with Gasteiger partial charge in [-0.25, -0.2) is 5.43 Å². The molecule has 0 aromatic heterocycles. The van der Waals surface area contributed by atoms with Gasteiger partial charge in [-0.2, -0.15) is 5.10 Å². The van der Waals surface area contributed by atoms with Crippen LogP contribution in [0.25, 0.3) is 0 Å². The maximum atomic E-state index is 12.5. The number of carbonyl (C=O) groups is 2. The van der Waals surface area contributed by atoms with E-state index in [1.807, 2.05) is 24.3 Å². The highest BCUT2D eigenvalue weighted by Gasteiger charge is 2.13. The minimum atomic E-state index is -0.417. The third kappa shape index (κ3) is 5.37. The molecule has 0 aliphatic carbocycles. The Morgan fingerprint density at radius 1 is 0.786 bits per heavy atom. The Bertz CT molecular complexity index is 1020. The van der Waals surface area contributed by atoms with Gasteiger partial charge in [0.15, 0.2) is 0 Å². The zero-order chi connectivity index (χ0) is 19.9. The number of para-hydroxylation sites is 1.